The number of amides is 1. The van der Waals surface area contributed by atoms with Gasteiger partial charge in [-0.05, 0) is 47.9 Å². The van der Waals surface area contributed by atoms with Gasteiger partial charge in [0.25, 0.3) is 5.91 Å². The number of hydrogen-bond acceptors (Lipinski definition) is 5. The van der Waals surface area contributed by atoms with E-state index in [9.17, 15) is 22.8 Å². The number of carboxylic acid groups (broad SMARTS) is 1. The lowest BCUT2D eigenvalue weighted by atomic mass is 10.1. The van der Waals surface area contributed by atoms with E-state index in [1.54, 1.807) is 24.3 Å². The lowest BCUT2D eigenvalue weighted by Crippen LogP contribution is -2.35. The molecule has 0 spiro atoms. The minimum atomic E-state index is -4.63. The fraction of sp³-hybridized carbons (Fsp3) is 0.227. The summed E-state index contributed by atoms with van der Waals surface area (Å²) in [5, 5.41) is 17.1. The van der Waals surface area contributed by atoms with Gasteiger partial charge in [0, 0.05) is 37.0 Å². The van der Waals surface area contributed by atoms with E-state index < -0.39 is 23.6 Å². The van der Waals surface area contributed by atoms with Gasteiger partial charge in [-0.25, -0.2) is 4.79 Å². The van der Waals surface area contributed by atoms with Crippen molar-refractivity contribution in [2.75, 3.05) is 18.4 Å². The summed E-state index contributed by atoms with van der Waals surface area (Å²) in [6.45, 7) is 1.27. The fourth-order valence-electron chi connectivity index (χ4n) is 3.01. The van der Waals surface area contributed by atoms with Crippen LogP contribution in [0.25, 0.3) is 6.08 Å². The fourth-order valence-corrected chi connectivity index (χ4v) is 3.01. The van der Waals surface area contributed by atoms with E-state index in [2.05, 4.69) is 20.9 Å². The normalized spacial score (nSPS) is 13.9. The molecule has 3 rings (SSSR count). The van der Waals surface area contributed by atoms with Crippen LogP contribution in [-0.2, 0) is 17.5 Å². The summed E-state index contributed by atoms with van der Waals surface area (Å²) in [6, 6.07) is 9.81. The Hall–Kier alpha value is -3.82. The lowest BCUT2D eigenvalue weighted by Gasteiger charge is -2.18. The summed E-state index contributed by atoms with van der Waals surface area (Å²) in [6.07, 6.45) is -1.41. The second-order valence-corrected chi connectivity index (χ2v) is 7.03. The van der Waals surface area contributed by atoms with Crippen LogP contribution in [0.15, 0.2) is 53.5 Å². The van der Waals surface area contributed by atoms with Gasteiger partial charge in [0.1, 0.15) is 0 Å². The number of nitrogens with zero attached hydrogens (tertiary/aromatic N) is 1. The van der Waals surface area contributed by atoms with Crippen LogP contribution in [0.5, 0.6) is 0 Å². The van der Waals surface area contributed by atoms with Gasteiger partial charge >= 0.3 is 12.1 Å². The number of alkyl halides is 3. The van der Waals surface area contributed by atoms with Gasteiger partial charge in [-0.15, -0.1) is 0 Å². The number of benzene rings is 2. The highest BCUT2D eigenvalue weighted by Gasteiger charge is 2.32. The van der Waals surface area contributed by atoms with Crippen molar-refractivity contribution in [1.29, 1.82) is 0 Å². The van der Waals surface area contributed by atoms with Crippen LogP contribution in [0.4, 0.5) is 18.9 Å². The molecule has 4 N–H and O–H groups in total. The minimum absolute atomic E-state index is 0.0564. The number of aliphatic carboxylic acids is 1. The second kappa shape index (κ2) is 9.99. The molecule has 0 radical (unpaired) electrons. The molecule has 2 aromatic rings. The zero-order valence-corrected chi connectivity index (χ0v) is 16.9. The summed E-state index contributed by atoms with van der Waals surface area (Å²) >= 11 is 0. The molecule has 0 unspecified atom stereocenters. The molecular weight excluding hydrogens is 425 g/mol. The SMILES string of the molecule is O=C(O)/C=C/c1cccc(CNC(=O)c2cc(NC3=NCCCN3)cc(C(F)(F)F)c2)c1. The minimum Gasteiger partial charge on any atom is -0.478 e. The molecule has 0 atom stereocenters. The Kier molecular flexibility index (Phi) is 7.14. The van der Waals surface area contributed by atoms with Crippen LogP contribution >= 0.6 is 0 Å². The molecule has 1 aliphatic rings. The first kappa shape index (κ1) is 22.9. The first-order valence-corrected chi connectivity index (χ1v) is 9.76. The topological polar surface area (TPSA) is 103 Å². The number of carbonyl (C=O) groups is 2. The van der Waals surface area contributed by atoms with Crippen molar-refractivity contribution in [3.63, 3.8) is 0 Å². The van der Waals surface area contributed by atoms with Gasteiger partial charge in [-0.3, -0.25) is 9.79 Å². The molecule has 0 fully saturated rings. The number of anilines is 1. The summed E-state index contributed by atoms with van der Waals surface area (Å²) in [5.74, 6) is -1.41. The van der Waals surface area contributed by atoms with Gasteiger partial charge in [0.15, 0.2) is 5.96 Å². The zero-order chi connectivity index (χ0) is 23.1. The maximum absolute atomic E-state index is 13.4. The van der Waals surface area contributed by atoms with E-state index in [4.69, 9.17) is 5.11 Å². The average molecular weight is 446 g/mol. The highest BCUT2D eigenvalue weighted by atomic mass is 19.4. The first-order valence-electron chi connectivity index (χ1n) is 9.76. The molecular formula is C22H21F3N4O3. The summed E-state index contributed by atoms with van der Waals surface area (Å²) in [7, 11) is 0. The Morgan fingerprint density at radius 1 is 1.19 bits per heavy atom. The third kappa shape index (κ3) is 6.59. The Bertz CT molecular complexity index is 1060. The average Bonchev–Trinajstić information content (AvgIpc) is 2.76. The van der Waals surface area contributed by atoms with Crippen molar-refractivity contribution >= 4 is 29.6 Å². The quantitative estimate of drug-likeness (QED) is 0.509. The largest absolute Gasteiger partial charge is 0.478 e. The van der Waals surface area contributed by atoms with Crippen LogP contribution < -0.4 is 16.0 Å². The van der Waals surface area contributed by atoms with Gasteiger partial charge in [-0.2, -0.15) is 13.2 Å². The Balaban J connectivity index is 1.76. The zero-order valence-electron chi connectivity index (χ0n) is 16.9. The Labute approximate surface area is 182 Å². The van der Waals surface area contributed by atoms with Crippen molar-refractivity contribution in [3.8, 4) is 0 Å². The molecule has 0 aliphatic carbocycles. The standard InChI is InChI=1S/C22H21F3N4O3/c23-22(24,25)17-10-16(11-18(12-17)29-21-26-7-2-8-27-21)20(32)28-13-15-4-1-3-14(9-15)5-6-19(30)31/h1,3-6,9-12H,2,7-8,13H2,(H,28,32)(H,30,31)(H2,26,27,29)/b6-5+. The highest BCUT2D eigenvalue weighted by Crippen LogP contribution is 2.32. The Morgan fingerprint density at radius 2 is 2.00 bits per heavy atom. The molecule has 0 aromatic heterocycles. The van der Waals surface area contributed by atoms with E-state index in [0.717, 1.165) is 24.6 Å². The van der Waals surface area contributed by atoms with Gasteiger partial charge in [0.2, 0.25) is 0 Å². The number of halogens is 3. The molecule has 32 heavy (non-hydrogen) atoms. The van der Waals surface area contributed by atoms with E-state index in [1.165, 1.54) is 12.1 Å². The predicted octanol–water partition coefficient (Wildman–Crippen LogP) is 3.49. The lowest BCUT2D eigenvalue weighted by molar-refractivity contribution is -0.137. The third-order valence-electron chi connectivity index (χ3n) is 4.50. The van der Waals surface area contributed by atoms with Crippen LogP contribution in [0.1, 0.15) is 33.5 Å². The van der Waals surface area contributed by atoms with Crippen LogP contribution in [0.3, 0.4) is 0 Å². The van der Waals surface area contributed by atoms with Crippen molar-refractivity contribution < 1.29 is 27.9 Å². The summed E-state index contributed by atoms with van der Waals surface area (Å²) in [5.41, 5.74) is 0.270. The van der Waals surface area contributed by atoms with Crippen molar-refractivity contribution in [1.82, 2.24) is 10.6 Å². The van der Waals surface area contributed by atoms with Gasteiger partial charge in [-0.1, -0.05) is 18.2 Å². The van der Waals surface area contributed by atoms with Gasteiger partial charge < -0.3 is 21.1 Å². The number of rotatable bonds is 6. The third-order valence-corrected chi connectivity index (χ3v) is 4.50. The van der Waals surface area contributed by atoms with E-state index >= 15 is 0 Å². The number of aliphatic imine (C=N–C) groups is 1. The summed E-state index contributed by atoms with van der Waals surface area (Å²) < 4.78 is 40.1. The smallest absolute Gasteiger partial charge is 0.416 e. The molecule has 7 nitrogen and oxygen atoms in total. The highest BCUT2D eigenvalue weighted by molar-refractivity contribution is 5.98. The predicted molar refractivity (Wildman–Crippen MR) is 114 cm³/mol. The monoisotopic (exact) mass is 446 g/mol. The van der Waals surface area contributed by atoms with E-state index in [0.29, 0.717) is 30.2 Å². The van der Waals surface area contributed by atoms with Crippen molar-refractivity contribution in [3.05, 3.63) is 70.8 Å². The molecule has 0 saturated heterocycles. The summed E-state index contributed by atoms with van der Waals surface area (Å²) in [4.78, 5) is 27.4. The molecule has 1 amide bonds. The maximum atomic E-state index is 13.4. The number of carbonyl (C=O) groups excluding carboxylic acids is 1. The van der Waals surface area contributed by atoms with Crippen LogP contribution in [0.2, 0.25) is 0 Å². The van der Waals surface area contributed by atoms with Gasteiger partial charge in [0.05, 0.1) is 5.56 Å². The molecule has 168 valence electrons. The molecule has 2 aromatic carbocycles. The Morgan fingerprint density at radius 3 is 2.69 bits per heavy atom. The molecule has 0 bridgehead atoms. The van der Waals surface area contributed by atoms with E-state index in [1.807, 2.05) is 0 Å². The number of carboxylic acids is 1. The van der Waals surface area contributed by atoms with Crippen molar-refractivity contribution in [2.24, 2.45) is 4.99 Å². The number of hydrogen-bond donors (Lipinski definition) is 4. The second-order valence-electron chi connectivity index (χ2n) is 7.03. The molecule has 10 heteroatoms. The number of guanidine groups is 1. The molecule has 1 heterocycles. The number of nitrogens with one attached hydrogen (secondary N) is 3. The maximum Gasteiger partial charge on any atom is 0.416 e. The van der Waals surface area contributed by atoms with Crippen LogP contribution in [0, 0.1) is 0 Å². The first-order chi connectivity index (χ1) is 15.2. The van der Waals surface area contributed by atoms with Crippen molar-refractivity contribution in [2.45, 2.75) is 19.1 Å². The van der Waals surface area contributed by atoms with Crippen LogP contribution in [-0.4, -0.2) is 36.0 Å². The molecule has 1 aliphatic heterocycles. The molecule has 0 saturated carbocycles. The van der Waals surface area contributed by atoms with E-state index in [-0.39, 0.29) is 17.8 Å².